The van der Waals surface area contributed by atoms with Crippen molar-refractivity contribution in [2.75, 3.05) is 13.1 Å². The van der Waals surface area contributed by atoms with Gasteiger partial charge in [-0.15, -0.1) is 0 Å². The van der Waals surface area contributed by atoms with E-state index in [0.717, 1.165) is 24.1 Å². The van der Waals surface area contributed by atoms with E-state index in [9.17, 15) is 8.78 Å². The van der Waals surface area contributed by atoms with Gasteiger partial charge >= 0.3 is 0 Å². The topological polar surface area (TPSA) is 3.24 Å². The summed E-state index contributed by atoms with van der Waals surface area (Å²) < 4.78 is 27.6. The van der Waals surface area contributed by atoms with Gasteiger partial charge in [0, 0.05) is 22.9 Å². The summed E-state index contributed by atoms with van der Waals surface area (Å²) in [7, 11) is 0. The lowest BCUT2D eigenvalue weighted by molar-refractivity contribution is 0.0300. The Labute approximate surface area is 114 Å². The van der Waals surface area contributed by atoms with E-state index < -0.39 is 11.3 Å². The number of halogens is 3. The van der Waals surface area contributed by atoms with Crippen molar-refractivity contribution < 1.29 is 8.78 Å². The van der Waals surface area contributed by atoms with Crippen LogP contribution in [0.15, 0.2) is 28.7 Å². The minimum absolute atomic E-state index is 0.116. The fourth-order valence-electron chi connectivity index (χ4n) is 2.96. The number of piperidine rings is 1. The molecule has 1 saturated carbocycles. The number of likely N-dealkylation sites (tertiary alicyclic amines) is 1. The lowest BCUT2D eigenvalue weighted by Gasteiger charge is -2.32. The molecule has 98 valence electrons. The summed E-state index contributed by atoms with van der Waals surface area (Å²) in [5, 5.41) is 0. The Kier molecular flexibility index (Phi) is 2.98. The minimum atomic E-state index is -2.38. The third-order valence-electron chi connectivity index (χ3n) is 4.32. The molecule has 1 heterocycles. The van der Waals surface area contributed by atoms with Crippen molar-refractivity contribution in [1.29, 1.82) is 0 Å². The van der Waals surface area contributed by atoms with Gasteiger partial charge in [0.05, 0.1) is 0 Å². The first-order valence-electron chi connectivity index (χ1n) is 6.35. The van der Waals surface area contributed by atoms with Crippen molar-refractivity contribution in [3.63, 3.8) is 0 Å². The molecule has 1 aliphatic carbocycles. The molecule has 0 unspecified atom stereocenters. The van der Waals surface area contributed by atoms with E-state index in [0.29, 0.717) is 12.8 Å². The van der Waals surface area contributed by atoms with Crippen molar-refractivity contribution in [3.05, 3.63) is 34.3 Å². The predicted molar refractivity (Wildman–Crippen MR) is 70.7 cm³/mol. The number of alkyl halides is 2. The molecular weight excluding hydrogens is 300 g/mol. The molecule has 2 fully saturated rings. The van der Waals surface area contributed by atoms with Gasteiger partial charge in [-0.05, 0) is 43.6 Å². The Bertz CT molecular complexity index is 453. The van der Waals surface area contributed by atoms with Crippen molar-refractivity contribution in [2.45, 2.75) is 31.7 Å². The molecule has 0 radical (unpaired) electrons. The molecule has 1 nitrogen and oxygen atoms in total. The molecule has 0 N–H and O–H groups in total. The van der Waals surface area contributed by atoms with Crippen LogP contribution in [0.5, 0.6) is 0 Å². The summed E-state index contributed by atoms with van der Waals surface area (Å²) in [6.45, 7) is 2.45. The SMILES string of the molecule is FC1(F)CC12CCN(Cc1cccc(Br)c1)CC2. The van der Waals surface area contributed by atoms with Crippen molar-refractivity contribution >= 4 is 15.9 Å². The maximum Gasteiger partial charge on any atom is 0.254 e. The minimum Gasteiger partial charge on any atom is -0.299 e. The summed E-state index contributed by atoms with van der Waals surface area (Å²) in [5.41, 5.74) is 0.601. The Morgan fingerprint density at radius 1 is 1.22 bits per heavy atom. The molecule has 1 saturated heterocycles. The Morgan fingerprint density at radius 2 is 1.89 bits per heavy atom. The van der Waals surface area contributed by atoms with Crippen molar-refractivity contribution in [2.24, 2.45) is 5.41 Å². The first kappa shape index (κ1) is 12.5. The molecule has 0 bridgehead atoms. The molecule has 4 heteroatoms. The van der Waals surface area contributed by atoms with Gasteiger partial charge in [-0.25, -0.2) is 8.78 Å². The number of nitrogens with zero attached hydrogens (tertiary/aromatic N) is 1. The third-order valence-corrected chi connectivity index (χ3v) is 4.81. The molecule has 18 heavy (non-hydrogen) atoms. The van der Waals surface area contributed by atoms with Crippen LogP contribution < -0.4 is 0 Å². The van der Waals surface area contributed by atoms with E-state index in [1.165, 1.54) is 5.56 Å². The number of hydrogen-bond acceptors (Lipinski definition) is 1. The van der Waals surface area contributed by atoms with E-state index >= 15 is 0 Å². The van der Waals surface area contributed by atoms with E-state index in [4.69, 9.17) is 0 Å². The van der Waals surface area contributed by atoms with E-state index in [1.54, 1.807) is 0 Å². The van der Waals surface area contributed by atoms with Crippen molar-refractivity contribution in [1.82, 2.24) is 4.90 Å². The maximum absolute atomic E-state index is 13.3. The van der Waals surface area contributed by atoms with Crippen LogP contribution in [0, 0.1) is 5.41 Å². The quantitative estimate of drug-likeness (QED) is 0.795. The summed E-state index contributed by atoms with van der Waals surface area (Å²) in [6.07, 6.45) is 1.41. The fraction of sp³-hybridized carbons (Fsp3) is 0.571. The van der Waals surface area contributed by atoms with Gasteiger partial charge in [-0.2, -0.15) is 0 Å². The Morgan fingerprint density at radius 3 is 2.44 bits per heavy atom. The summed E-state index contributed by atoms with van der Waals surface area (Å²) >= 11 is 3.45. The maximum atomic E-state index is 13.3. The largest absolute Gasteiger partial charge is 0.299 e. The zero-order chi connectivity index (χ0) is 12.8. The second-order valence-electron chi connectivity index (χ2n) is 5.57. The van der Waals surface area contributed by atoms with Crippen LogP contribution in [-0.2, 0) is 6.54 Å². The van der Waals surface area contributed by atoms with Gasteiger partial charge in [0.2, 0.25) is 0 Å². The molecule has 1 aromatic carbocycles. The van der Waals surface area contributed by atoms with Crippen LogP contribution in [0.1, 0.15) is 24.8 Å². The summed E-state index contributed by atoms with van der Waals surface area (Å²) in [4.78, 5) is 2.28. The molecular formula is C14H16BrF2N. The summed E-state index contributed by atoms with van der Waals surface area (Å²) in [5.74, 6) is -2.38. The lowest BCUT2D eigenvalue weighted by Crippen LogP contribution is -2.36. The number of hydrogen-bond donors (Lipinski definition) is 0. The second-order valence-corrected chi connectivity index (χ2v) is 6.48. The summed E-state index contributed by atoms with van der Waals surface area (Å²) in [6, 6.07) is 8.19. The van der Waals surface area contributed by atoms with Crippen LogP contribution in [0.25, 0.3) is 0 Å². The van der Waals surface area contributed by atoms with Gasteiger partial charge in [-0.3, -0.25) is 4.90 Å². The van der Waals surface area contributed by atoms with Gasteiger partial charge < -0.3 is 0 Å². The predicted octanol–water partition coefficient (Wildman–Crippen LogP) is 4.07. The number of benzene rings is 1. The van der Waals surface area contributed by atoms with Crippen LogP contribution in [-0.4, -0.2) is 23.9 Å². The lowest BCUT2D eigenvalue weighted by atomic mass is 9.92. The standard InChI is InChI=1S/C14H16BrF2N/c15-12-3-1-2-11(8-12)9-18-6-4-13(5-7-18)10-14(13,16)17/h1-3,8H,4-7,9-10H2. The first-order valence-corrected chi connectivity index (χ1v) is 7.15. The van der Waals surface area contributed by atoms with Crippen LogP contribution in [0.2, 0.25) is 0 Å². The molecule has 0 aromatic heterocycles. The highest BCUT2D eigenvalue weighted by atomic mass is 79.9. The van der Waals surface area contributed by atoms with Gasteiger partial charge in [0.15, 0.2) is 0 Å². The molecule has 1 spiro atoms. The normalized spacial score (nSPS) is 25.3. The molecule has 1 aromatic rings. The number of rotatable bonds is 2. The van der Waals surface area contributed by atoms with Crippen LogP contribution in [0.3, 0.4) is 0 Å². The highest BCUT2D eigenvalue weighted by molar-refractivity contribution is 9.10. The first-order chi connectivity index (χ1) is 8.51. The average molecular weight is 316 g/mol. The van der Waals surface area contributed by atoms with Gasteiger partial charge in [0.1, 0.15) is 0 Å². The molecule has 1 aliphatic heterocycles. The molecule has 3 rings (SSSR count). The monoisotopic (exact) mass is 315 g/mol. The van der Waals surface area contributed by atoms with E-state index in [2.05, 4.69) is 33.0 Å². The van der Waals surface area contributed by atoms with Crippen molar-refractivity contribution in [3.8, 4) is 0 Å². The highest BCUT2D eigenvalue weighted by Crippen LogP contribution is 2.65. The average Bonchev–Trinajstić information content (AvgIpc) is 2.84. The van der Waals surface area contributed by atoms with Gasteiger partial charge in [0.25, 0.3) is 5.92 Å². The Balaban J connectivity index is 1.58. The molecule has 2 aliphatic rings. The Hall–Kier alpha value is -0.480. The highest BCUT2D eigenvalue weighted by Gasteiger charge is 2.70. The molecule has 0 atom stereocenters. The van der Waals surface area contributed by atoms with Crippen LogP contribution >= 0.6 is 15.9 Å². The zero-order valence-corrected chi connectivity index (χ0v) is 11.7. The van der Waals surface area contributed by atoms with E-state index in [1.807, 2.05) is 12.1 Å². The third kappa shape index (κ3) is 2.21. The second kappa shape index (κ2) is 4.27. The van der Waals surface area contributed by atoms with Crippen LogP contribution in [0.4, 0.5) is 8.78 Å². The van der Waals surface area contributed by atoms with Gasteiger partial charge in [-0.1, -0.05) is 28.1 Å². The molecule has 0 amide bonds. The smallest absolute Gasteiger partial charge is 0.254 e. The fourth-order valence-corrected chi connectivity index (χ4v) is 3.40. The van der Waals surface area contributed by atoms with E-state index in [-0.39, 0.29) is 6.42 Å². The zero-order valence-electron chi connectivity index (χ0n) is 10.1.